The average Bonchev–Trinajstić information content (AvgIpc) is 2.94. The summed E-state index contributed by atoms with van der Waals surface area (Å²) in [6, 6.07) is 19.4. The highest BCUT2D eigenvalue weighted by molar-refractivity contribution is 7.92. The van der Waals surface area contributed by atoms with Gasteiger partial charge in [-0.25, -0.2) is 8.42 Å². The van der Waals surface area contributed by atoms with Crippen molar-refractivity contribution in [2.75, 3.05) is 31.1 Å². The van der Waals surface area contributed by atoms with E-state index in [2.05, 4.69) is 5.32 Å². The second kappa shape index (κ2) is 11.6. The summed E-state index contributed by atoms with van der Waals surface area (Å²) >= 11 is 0. The smallest absolute Gasteiger partial charge is 0.264 e. The Balaban J connectivity index is 1.73. The first-order valence-corrected chi connectivity index (χ1v) is 13.7. The zero-order chi connectivity index (χ0) is 27.3. The van der Waals surface area contributed by atoms with E-state index >= 15 is 0 Å². The van der Waals surface area contributed by atoms with E-state index < -0.39 is 28.5 Å². The van der Waals surface area contributed by atoms with Gasteiger partial charge in [0.05, 0.1) is 10.6 Å². The van der Waals surface area contributed by atoms with Crippen LogP contribution in [0.5, 0.6) is 11.5 Å². The topological polar surface area (TPSA) is 105 Å². The lowest BCUT2D eigenvalue weighted by Crippen LogP contribution is -2.50. The summed E-state index contributed by atoms with van der Waals surface area (Å²) in [5.74, 6) is 0.000603. The molecule has 1 atom stereocenters. The van der Waals surface area contributed by atoms with Gasteiger partial charge in [0, 0.05) is 19.7 Å². The van der Waals surface area contributed by atoms with Crippen molar-refractivity contribution in [2.45, 2.75) is 31.3 Å². The highest BCUT2D eigenvalue weighted by Crippen LogP contribution is 2.36. The molecular formula is C28H31N3O6S. The van der Waals surface area contributed by atoms with Gasteiger partial charge in [0.15, 0.2) is 11.5 Å². The molecule has 9 nitrogen and oxygen atoms in total. The molecule has 0 aromatic heterocycles. The number of rotatable bonds is 9. The lowest BCUT2D eigenvalue weighted by Gasteiger charge is -2.32. The van der Waals surface area contributed by atoms with Crippen molar-refractivity contribution in [3.05, 3.63) is 83.9 Å². The van der Waals surface area contributed by atoms with Gasteiger partial charge in [-0.15, -0.1) is 0 Å². The van der Waals surface area contributed by atoms with Crippen LogP contribution in [0.25, 0.3) is 0 Å². The third-order valence-corrected chi connectivity index (χ3v) is 8.10. The zero-order valence-corrected chi connectivity index (χ0v) is 22.4. The molecule has 38 heavy (non-hydrogen) atoms. The van der Waals surface area contributed by atoms with Crippen LogP contribution in [0.1, 0.15) is 18.1 Å². The minimum Gasteiger partial charge on any atom is -0.486 e. The number of ether oxygens (including phenoxy) is 2. The maximum atomic E-state index is 13.8. The van der Waals surface area contributed by atoms with Gasteiger partial charge in [-0.2, -0.15) is 0 Å². The third kappa shape index (κ3) is 5.91. The van der Waals surface area contributed by atoms with Crippen LogP contribution in [0.4, 0.5) is 5.69 Å². The van der Waals surface area contributed by atoms with Gasteiger partial charge < -0.3 is 19.7 Å². The Morgan fingerprint density at radius 2 is 1.61 bits per heavy atom. The Bertz CT molecular complexity index is 1390. The number of carbonyl (C=O) groups excluding carboxylic acids is 2. The fourth-order valence-electron chi connectivity index (χ4n) is 4.12. The van der Waals surface area contributed by atoms with Gasteiger partial charge in [0.1, 0.15) is 25.8 Å². The molecule has 1 aliphatic rings. The van der Waals surface area contributed by atoms with E-state index in [1.165, 1.54) is 24.1 Å². The number of likely N-dealkylation sites (N-methyl/N-ethyl adjacent to an activating group) is 1. The van der Waals surface area contributed by atoms with E-state index in [9.17, 15) is 18.0 Å². The molecule has 1 N–H and O–H groups in total. The normalized spacial score (nSPS) is 13.3. The second-order valence-corrected chi connectivity index (χ2v) is 10.8. The molecule has 4 rings (SSSR count). The molecule has 10 heteroatoms. The van der Waals surface area contributed by atoms with E-state index in [-0.39, 0.29) is 23.0 Å². The van der Waals surface area contributed by atoms with Gasteiger partial charge in [-0.05, 0) is 43.7 Å². The summed E-state index contributed by atoms with van der Waals surface area (Å²) in [6.07, 6.45) is 0. The first-order chi connectivity index (χ1) is 18.2. The molecule has 0 saturated heterocycles. The maximum Gasteiger partial charge on any atom is 0.264 e. The Morgan fingerprint density at radius 1 is 0.947 bits per heavy atom. The number of nitrogens with one attached hydrogen (secondary N) is 1. The van der Waals surface area contributed by atoms with Crippen molar-refractivity contribution >= 4 is 27.5 Å². The lowest BCUT2D eigenvalue weighted by atomic mass is 10.1. The molecule has 0 spiro atoms. The van der Waals surface area contributed by atoms with E-state index in [0.717, 1.165) is 15.4 Å². The zero-order valence-electron chi connectivity index (χ0n) is 21.6. The van der Waals surface area contributed by atoms with E-state index in [4.69, 9.17) is 9.47 Å². The standard InChI is InChI=1S/C28H31N3O6S/c1-20-9-11-22(12-10-20)18-30(21(2)28(33)29-3)27(32)19-31(38(34,35)24-7-5-4-6-8-24)23-13-14-25-26(17-23)37-16-15-36-25/h4-14,17,21H,15-16,18-19H2,1-3H3,(H,29,33)/t21-/m0/s1. The molecule has 3 aromatic carbocycles. The summed E-state index contributed by atoms with van der Waals surface area (Å²) in [5.41, 5.74) is 2.12. The minimum absolute atomic E-state index is 0.0344. The minimum atomic E-state index is -4.15. The van der Waals surface area contributed by atoms with Crippen molar-refractivity contribution in [2.24, 2.45) is 0 Å². The summed E-state index contributed by atoms with van der Waals surface area (Å²) in [7, 11) is -2.66. The largest absolute Gasteiger partial charge is 0.486 e. The quantitative estimate of drug-likeness (QED) is 0.450. The molecule has 0 radical (unpaired) electrons. The van der Waals surface area contributed by atoms with Crippen molar-refractivity contribution in [1.82, 2.24) is 10.2 Å². The molecule has 2 amide bonds. The molecule has 0 unspecified atom stereocenters. The van der Waals surface area contributed by atoms with Gasteiger partial charge in [-0.1, -0.05) is 48.0 Å². The number of benzene rings is 3. The van der Waals surface area contributed by atoms with Crippen LogP contribution in [0.3, 0.4) is 0 Å². The maximum absolute atomic E-state index is 13.8. The molecular weight excluding hydrogens is 506 g/mol. The summed E-state index contributed by atoms with van der Waals surface area (Å²) in [4.78, 5) is 27.8. The molecule has 0 saturated carbocycles. The second-order valence-electron chi connectivity index (χ2n) is 8.95. The highest BCUT2D eigenvalue weighted by Gasteiger charge is 2.33. The number of hydrogen-bond donors (Lipinski definition) is 1. The number of hydrogen-bond acceptors (Lipinski definition) is 6. The fraction of sp³-hybridized carbons (Fsp3) is 0.286. The van der Waals surface area contributed by atoms with Crippen molar-refractivity contribution in [3.63, 3.8) is 0 Å². The number of sulfonamides is 1. The van der Waals surface area contributed by atoms with Crippen molar-refractivity contribution in [1.29, 1.82) is 0 Å². The number of fused-ring (bicyclic) bond motifs is 1. The number of carbonyl (C=O) groups is 2. The number of aryl methyl sites for hydroxylation is 1. The summed E-state index contributed by atoms with van der Waals surface area (Å²) < 4.78 is 39.9. The average molecular weight is 538 g/mol. The van der Waals surface area contributed by atoms with Crippen LogP contribution in [0.15, 0.2) is 77.7 Å². The monoisotopic (exact) mass is 537 g/mol. The first kappa shape index (κ1) is 27.0. The molecule has 200 valence electrons. The molecule has 0 fully saturated rings. The summed E-state index contributed by atoms with van der Waals surface area (Å²) in [5, 5.41) is 2.58. The Morgan fingerprint density at radius 3 is 2.26 bits per heavy atom. The van der Waals surface area contributed by atoms with E-state index in [0.29, 0.717) is 24.7 Å². The SMILES string of the molecule is CNC(=O)[C@H](C)N(Cc1ccc(C)cc1)C(=O)CN(c1ccc2c(c1)OCCO2)S(=O)(=O)c1ccccc1. The molecule has 0 bridgehead atoms. The Hall–Kier alpha value is -4.05. The van der Waals surface area contributed by atoms with Crippen LogP contribution in [0, 0.1) is 6.92 Å². The van der Waals surface area contributed by atoms with Crippen LogP contribution >= 0.6 is 0 Å². The molecule has 3 aromatic rings. The van der Waals surface area contributed by atoms with Crippen LogP contribution in [0.2, 0.25) is 0 Å². The van der Waals surface area contributed by atoms with E-state index in [1.54, 1.807) is 43.3 Å². The van der Waals surface area contributed by atoms with Crippen LogP contribution in [-0.2, 0) is 26.2 Å². The van der Waals surface area contributed by atoms with E-state index in [1.807, 2.05) is 31.2 Å². The molecule has 1 heterocycles. The predicted molar refractivity (Wildman–Crippen MR) is 144 cm³/mol. The number of nitrogens with zero attached hydrogens (tertiary/aromatic N) is 2. The van der Waals surface area contributed by atoms with Crippen molar-refractivity contribution < 1.29 is 27.5 Å². The first-order valence-electron chi connectivity index (χ1n) is 12.2. The lowest BCUT2D eigenvalue weighted by molar-refractivity contribution is -0.139. The predicted octanol–water partition coefficient (Wildman–Crippen LogP) is 3.12. The van der Waals surface area contributed by atoms with Crippen LogP contribution < -0.4 is 19.1 Å². The van der Waals surface area contributed by atoms with Gasteiger partial charge in [-0.3, -0.25) is 13.9 Å². The van der Waals surface area contributed by atoms with Crippen LogP contribution in [-0.4, -0.2) is 58.0 Å². The fourth-order valence-corrected chi connectivity index (χ4v) is 5.54. The number of anilines is 1. The van der Waals surface area contributed by atoms with Gasteiger partial charge in [0.2, 0.25) is 11.8 Å². The summed E-state index contributed by atoms with van der Waals surface area (Å²) in [6.45, 7) is 3.90. The number of amides is 2. The Labute approximate surface area is 223 Å². The highest BCUT2D eigenvalue weighted by atomic mass is 32.2. The molecule has 0 aliphatic carbocycles. The van der Waals surface area contributed by atoms with Gasteiger partial charge in [0.25, 0.3) is 10.0 Å². The van der Waals surface area contributed by atoms with Crippen molar-refractivity contribution in [3.8, 4) is 11.5 Å². The molecule has 1 aliphatic heterocycles. The van der Waals surface area contributed by atoms with Gasteiger partial charge >= 0.3 is 0 Å². The third-order valence-electron chi connectivity index (χ3n) is 6.31. The Kier molecular flexibility index (Phi) is 8.21.